The lowest BCUT2D eigenvalue weighted by Crippen LogP contribution is -1.94. The molecule has 0 aliphatic rings. The summed E-state index contributed by atoms with van der Waals surface area (Å²) in [5.41, 5.74) is 0.596. The van der Waals surface area contributed by atoms with E-state index in [2.05, 4.69) is 14.7 Å². The number of anilines is 2. The van der Waals surface area contributed by atoms with Crippen LogP contribution in [0.2, 0.25) is 0 Å². The standard InChI is InChI=1S/C12H14FN3OS/c1-7(2)11-15-12(18-16-11)14-9-4-8(13)5-10(6-9)17-3/h4-7H,1-3H3,(H,14,15,16). The van der Waals surface area contributed by atoms with Crippen molar-refractivity contribution in [3.63, 3.8) is 0 Å². The smallest absolute Gasteiger partial charge is 0.207 e. The van der Waals surface area contributed by atoms with E-state index in [0.29, 0.717) is 16.6 Å². The topological polar surface area (TPSA) is 47.0 Å². The summed E-state index contributed by atoms with van der Waals surface area (Å²) in [5.74, 6) is 1.17. The Bertz CT molecular complexity index is 542. The Balaban J connectivity index is 2.19. The SMILES string of the molecule is COc1cc(F)cc(Nc2nc(C(C)C)ns2)c1. The molecule has 4 nitrogen and oxygen atoms in total. The molecule has 1 N–H and O–H groups in total. The van der Waals surface area contributed by atoms with Gasteiger partial charge in [-0.3, -0.25) is 0 Å². The number of ether oxygens (including phenoxy) is 1. The van der Waals surface area contributed by atoms with Gasteiger partial charge in [0.15, 0.2) is 0 Å². The quantitative estimate of drug-likeness (QED) is 0.920. The zero-order chi connectivity index (χ0) is 13.1. The Morgan fingerprint density at radius 1 is 1.33 bits per heavy atom. The number of benzene rings is 1. The van der Waals surface area contributed by atoms with Crippen LogP contribution in [0.25, 0.3) is 0 Å². The Labute approximate surface area is 109 Å². The maximum Gasteiger partial charge on any atom is 0.207 e. The summed E-state index contributed by atoms with van der Waals surface area (Å²) in [6.07, 6.45) is 0. The van der Waals surface area contributed by atoms with Crippen molar-refractivity contribution in [2.24, 2.45) is 0 Å². The first-order chi connectivity index (χ1) is 8.58. The third-order valence-electron chi connectivity index (χ3n) is 2.32. The van der Waals surface area contributed by atoms with Crippen LogP contribution in [0.1, 0.15) is 25.6 Å². The number of halogens is 1. The average molecular weight is 267 g/mol. The van der Waals surface area contributed by atoms with Gasteiger partial charge in [-0.1, -0.05) is 13.8 Å². The Morgan fingerprint density at radius 2 is 2.11 bits per heavy atom. The van der Waals surface area contributed by atoms with Crippen LogP contribution in [-0.4, -0.2) is 16.5 Å². The van der Waals surface area contributed by atoms with Gasteiger partial charge in [0.1, 0.15) is 17.4 Å². The Morgan fingerprint density at radius 3 is 2.72 bits per heavy atom. The largest absolute Gasteiger partial charge is 0.497 e. The highest BCUT2D eigenvalue weighted by Gasteiger charge is 2.08. The van der Waals surface area contributed by atoms with Gasteiger partial charge in [0, 0.05) is 35.3 Å². The van der Waals surface area contributed by atoms with Gasteiger partial charge in [0.05, 0.1) is 7.11 Å². The van der Waals surface area contributed by atoms with Crippen LogP contribution in [0.5, 0.6) is 5.75 Å². The fraction of sp³-hybridized carbons (Fsp3) is 0.333. The van der Waals surface area contributed by atoms with E-state index in [1.807, 2.05) is 13.8 Å². The number of hydrogen-bond donors (Lipinski definition) is 1. The first kappa shape index (κ1) is 12.8. The molecule has 6 heteroatoms. The first-order valence-electron chi connectivity index (χ1n) is 5.53. The molecule has 0 radical (unpaired) electrons. The predicted molar refractivity (Wildman–Crippen MR) is 70.2 cm³/mol. The molecule has 0 bridgehead atoms. The molecule has 0 fully saturated rings. The van der Waals surface area contributed by atoms with E-state index < -0.39 is 0 Å². The van der Waals surface area contributed by atoms with E-state index in [1.165, 1.54) is 30.8 Å². The van der Waals surface area contributed by atoms with Crippen LogP contribution in [-0.2, 0) is 0 Å². The molecule has 0 unspecified atom stereocenters. The third kappa shape index (κ3) is 2.95. The summed E-state index contributed by atoms with van der Waals surface area (Å²) in [7, 11) is 1.50. The lowest BCUT2D eigenvalue weighted by atomic mass is 10.2. The van der Waals surface area contributed by atoms with Gasteiger partial charge in [-0.05, 0) is 6.07 Å². The van der Waals surface area contributed by atoms with E-state index in [-0.39, 0.29) is 11.7 Å². The maximum atomic E-state index is 13.3. The van der Waals surface area contributed by atoms with Crippen LogP contribution in [0, 0.1) is 5.82 Å². The van der Waals surface area contributed by atoms with Gasteiger partial charge in [0.25, 0.3) is 0 Å². The van der Waals surface area contributed by atoms with Gasteiger partial charge < -0.3 is 10.1 Å². The van der Waals surface area contributed by atoms with Crippen molar-refractivity contribution in [1.29, 1.82) is 0 Å². The monoisotopic (exact) mass is 267 g/mol. The minimum Gasteiger partial charge on any atom is -0.497 e. The second-order valence-corrected chi connectivity index (χ2v) is 4.87. The van der Waals surface area contributed by atoms with Crippen molar-refractivity contribution in [3.8, 4) is 5.75 Å². The molecule has 0 saturated carbocycles. The molecule has 0 spiro atoms. The molecule has 18 heavy (non-hydrogen) atoms. The number of nitrogens with zero attached hydrogens (tertiary/aromatic N) is 2. The predicted octanol–water partition coefficient (Wildman–Crippen LogP) is 3.55. The molecule has 2 rings (SSSR count). The van der Waals surface area contributed by atoms with E-state index >= 15 is 0 Å². The van der Waals surface area contributed by atoms with Crippen molar-refractivity contribution in [1.82, 2.24) is 9.36 Å². The Kier molecular flexibility index (Phi) is 3.76. The van der Waals surface area contributed by atoms with Crippen molar-refractivity contribution < 1.29 is 9.13 Å². The zero-order valence-electron chi connectivity index (χ0n) is 10.4. The molecule has 0 aliphatic heterocycles. The molecule has 1 aromatic carbocycles. The number of rotatable bonds is 4. The molecule has 1 heterocycles. The van der Waals surface area contributed by atoms with E-state index in [1.54, 1.807) is 6.07 Å². The molecule has 0 aliphatic carbocycles. The number of nitrogens with one attached hydrogen (secondary N) is 1. The summed E-state index contributed by atoms with van der Waals surface area (Å²) in [4.78, 5) is 4.32. The van der Waals surface area contributed by atoms with Gasteiger partial charge in [-0.25, -0.2) is 9.37 Å². The third-order valence-corrected chi connectivity index (χ3v) is 2.96. The van der Waals surface area contributed by atoms with Crippen LogP contribution in [0.15, 0.2) is 18.2 Å². The van der Waals surface area contributed by atoms with Crippen LogP contribution in [0.3, 0.4) is 0 Å². The van der Waals surface area contributed by atoms with E-state index in [9.17, 15) is 4.39 Å². The molecule has 0 saturated heterocycles. The normalized spacial score (nSPS) is 10.7. The van der Waals surface area contributed by atoms with Crippen molar-refractivity contribution in [2.75, 3.05) is 12.4 Å². The second kappa shape index (κ2) is 5.30. The number of hydrogen-bond acceptors (Lipinski definition) is 5. The molecule has 0 atom stereocenters. The fourth-order valence-electron chi connectivity index (χ4n) is 1.40. The molecule has 96 valence electrons. The minimum atomic E-state index is -0.356. The van der Waals surface area contributed by atoms with Gasteiger partial charge >= 0.3 is 0 Å². The molecule has 2 aromatic rings. The van der Waals surface area contributed by atoms with Gasteiger partial charge in [0.2, 0.25) is 5.13 Å². The van der Waals surface area contributed by atoms with Crippen LogP contribution in [0.4, 0.5) is 15.2 Å². The Hall–Kier alpha value is -1.69. The minimum absolute atomic E-state index is 0.277. The van der Waals surface area contributed by atoms with Gasteiger partial charge in [-0.15, -0.1) is 0 Å². The maximum absolute atomic E-state index is 13.3. The molecule has 1 aromatic heterocycles. The van der Waals surface area contributed by atoms with Crippen molar-refractivity contribution in [3.05, 3.63) is 29.8 Å². The highest BCUT2D eigenvalue weighted by atomic mass is 32.1. The van der Waals surface area contributed by atoms with E-state index in [0.717, 1.165) is 5.82 Å². The first-order valence-corrected chi connectivity index (χ1v) is 6.31. The highest BCUT2D eigenvalue weighted by Crippen LogP contribution is 2.25. The molecular weight excluding hydrogens is 253 g/mol. The number of methoxy groups -OCH3 is 1. The summed E-state index contributed by atoms with van der Waals surface area (Å²) >= 11 is 1.26. The molecular formula is C12H14FN3OS. The zero-order valence-corrected chi connectivity index (χ0v) is 11.2. The lowest BCUT2D eigenvalue weighted by molar-refractivity contribution is 0.411. The average Bonchev–Trinajstić information content (AvgIpc) is 2.76. The number of aromatic nitrogens is 2. The van der Waals surface area contributed by atoms with Crippen molar-refractivity contribution in [2.45, 2.75) is 19.8 Å². The second-order valence-electron chi connectivity index (χ2n) is 4.12. The van der Waals surface area contributed by atoms with Crippen LogP contribution < -0.4 is 10.1 Å². The fourth-order valence-corrected chi connectivity index (χ4v) is 2.13. The van der Waals surface area contributed by atoms with Crippen molar-refractivity contribution >= 4 is 22.4 Å². The van der Waals surface area contributed by atoms with E-state index in [4.69, 9.17) is 4.74 Å². The summed E-state index contributed by atoms with van der Waals surface area (Å²) in [6, 6.07) is 4.42. The molecule has 0 amide bonds. The summed E-state index contributed by atoms with van der Waals surface area (Å²) < 4.78 is 22.5. The summed E-state index contributed by atoms with van der Waals surface area (Å²) in [5, 5.41) is 3.66. The lowest BCUT2D eigenvalue weighted by Gasteiger charge is -2.05. The highest BCUT2D eigenvalue weighted by molar-refractivity contribution is 7.09. The summed E-state index contributed by atoms with van der Waals surface area (Å²) in [6.45, 7) is 4.05. The van der Waals surface area contributed by atoms with Crippen LogP contribution >= 0.6 is 11.5 Å². The van der Waals surface area contributed by atoms with Gasteiger partial charge in [-0.2, -0.15) is 4.37 Å².